The molecule has 110 valence electrons. The number of hydrogen-bond donors (Lipinski definition) is 2. The molecule has 0 bridgehead atoms. The molecule has 0 aromatic carbocycles. The van der Waals surface area contributed by atoms with Crippen molar-refractivity contribution in [2.24, 2.45) is 17.8 Å². The van der Waals surface area contributed by atoms with Crippen molar-refractivity contribution in [1.29, 1.82) is 0 Å². The minimum Gasteiger partial charge on any atom is -0.481 e. The lowest BCUT2D eigenvalue weighted by Crippen LogP contribution is -2.37. The molecule has 2 N–H and O–H groups in total. The maximum atomic E-state index is 11.5. The van der Waals surface area contributed by atoms with Crippen LogP contribution in [0.1, 0.15) is 38.5 Å². The second-order valence-electron chi connectivity index (χ2n) is 5.90. The minimum atomic E-state index is -3.08. The van der Waals surface area contributed by atoms with Crippen LogP contribution < -0.4 is 0 Å². The Labute approximate surface area is 113 Å². The predicted octanol–water partition coefficient (Wildman–Crippen LogP) is 1.06. The van der Waals surface area contributed by atoms with Crippen LogP contribution in [0.25, 0.3) is 0 Å². The number of carbonyl (C=O) groups is 1. The van der Waals surface area contributed by atoms with Gasteiger partial charge in [0.1, 0.15) is 0 Å². The highest BCUT2D eigenvalue weighted by Gasteiger charge is 2.43. The second kappa shape index (κ2) is 5.79. The molecule has 4 unspecified atom stereocenters. The van der Waals surface area contributed by atoms with E-state index < -0.39 is 27.8 Å². The molecule has 2 fully saturated rings. The van der Waals surface area contributed by atoms with Gasteiger partial charge in [0.05, 0.1) is 23.5 Å². The van der Waals surface area contributed by atoms with Crippen molar-refractivity contribution in [1.82, 2.24) is 0 Å². The largest absolute Gasteiger partial charge is 0.481 e. The molecular formula is C13H22O5S. The summed E-state index contributed by atoms with van der Waals surface area (Å²) in [6, 6.07) is 0. The van der Waals surface area contributed by atoms with E-state index in [0.29, 0.717) is 19.3 Å². The monoisotopic (exact) mass is 290 g/mol. The van der Waals surface area contributed by atoms with E-state index in [2.05, 4.69) is 0 Å². The molecule has 0 aromatic rings. The highest BCUT2D eigenvalue weighted by Crippen LogP contribution is 2.38. The highest BCUT2D eigenvalue weighted by molar-refractivity contribution is 7.91. The van der Waals surface area contributed by atoms with E-state index in [9.17, 15) is 23.4 Å². The van der Waals surface area contributed by atoms with Gasteiger partial charge >= 0.3 is 5.97 Å². The molecule has 1 heterocycles. The summed E-state index contributed by atoms with van der Waals surface area (Å²) < 4.78 is 23.1. The van der Waals surface area contributed by atoms with Crippen LogP contribution in [0.2, 0.25) is 0 Å². The van der Waals surface area contributed by atoms with E-state index in [0.717, 1.165) is 19.3 Å². The average Bonchev–Trinajstić information content (AvgIpc) is 2.52. The lowest BCUT2D eigenvalue weighted by Gasteiger charge is -2.30. The second-order valence-corrected chi connectivity index (χ2v) is 8.13. The van der Waals surface area contributed by atoms with Gasteiger partial charge in [-0.3, -0.25) is 4.79 Å². The van der Waals surface area contributed by atoms with E-state index in [1.165, 1.54) is 0 Å². The molecule has 0 aromatic heterocycles. The molecule has 6 heteroatoms. The smallest absolute Gasteiger partial charge is 0.307 e. The van der Waals surface area contributed by atoms with Gasteiger partial charge < -0.3 is 10.2 Å². The Morgan fingerprint density at radius 2 is 1.79 bits per heavy atom. The van der Waals surface area contributed by atoms with Gasteiger partial charge in [-0.2, -0.15) is 0 Å². The summed E-state index contributed by atoms with van der Waals surface area (Å²) in [4.78, 5) is 11.5. The summed E-state index contributed by atoms with van der Waals surface area (Å²) in [7, 11) is -3.08. The van der Waals surface area contributed by atoms with Crippen molar-refractivity contribution in [2.45, 2.75) is 44.6 Å². The minimum absolute atomic E-state index is 0.0345. The van der Waals surface area contributed by atoms with Gasteiger partial charge in [-0.15, -0.1) is 0 Å². The zero-order valence-electron chi connectivity index (χ0n) is 11.0. The zero-order chi connectivity index (χ0) is 14.0. The van der Waals surface area contributed by atoms with Crippen LogP contribution in [0.5, 0.6) is 0 Å². The number of hydrogen-bond acceptors (Lipinski definition) is 4. The third-order valence-corrected chi connectivity index (χ3v) is 6.35. The van der Waals surface area contributed by atoms with Gasteiger partial charge in [0.2, 0.25) is 0 Å². The van der Waals surface area contributed by atoms with E-state index in [1.54, 1.807) is 0 Å². The maximum Gasteiger partial charge on any atom is 0.307 e. The topological polar surface area (TPSA) is 91.7 Å². The molecule has 2 rings (SSSR count). The third-order valence-electron chi connectivity index (χ3n) is 4.55. The zero-order valence-corrected chi connectivity index (χ0v) is 11.8. The molecule has 1 saturated heterocycles. The van der Waals surface area contributed by atoms with Crippen molar-refractivity contribution in [3.8, 4) is 0 Å². The van der Waals surface area contributed by atoms with Crippen molar-refractivity contribution in [3.63, 3.8) is 0 Å². The first-order valence-corrected chi connectivity index (χ1v) is 8.84. The molecule has 4 atom stereocenters. The number of carboxylic acids is 1. The van der Waals surface area contributed by atoms with Gasteiger partial charge in [-0.05, 0) is 31.1 Å². The first kappa shape index (κ1) is 14.8. The summed E-state index contributed by atoms with van der Waals surface area (Å²) in [5.74, 6) is -2.24. The van der Waals surface area contributed by atoms with Gasteiger partial charge in [0, 0.05) is 0 Å². The number of sulfone groups is 1. The van der Waals surface area contributed by atoms with Crippen molar-refractivity contribution in [2.75, 3.05) is 11.5 Å². The molecule has 0 amide bonds. The molecule has 19 heavy (non-hydrogen) atoms. The molecule has 1 saturated carbocycles. The Bertz CT molecular complexity index is 430. The first-order chi connectivity index (χ1) is 8.91. The van der Waals surface area contributed by atoms with Crippen molar-refractivity contribution in [3.05, 3.63) is 0 Å². The van der Waals surface area contributed by atoms with Crippen molar-refractivity contribution < 1.29 is 23.4 Å². The summed E-state index contributed by atoms with van der Waals surface area (Å²) in [6.07, 6.45) is 4.00. The van der Waals surface area contributed by atoms with Crippen LogP contribution in [0.3, 0.4) is 0 Å². The van der Waals surface area contributed by atoms with Gasteiger partial charge in [0.15, 0.2) is 9.84 Å². The van der Waals surface area contributed by atoms with Crippen LogP contribution in [-0.4, -0.2) is 42.2 Å². The van der Waals surface area contributed by atoms with Crippen LogP contribution >= 0.6 is 0 Å². The predicted molar refractivity (Wildman–Crippen MR) is 70.5 cm³/mol. The lowest BCUT2D eigenvalue weighted by atomic mass is 9.76. The summed E-state index contributed by atoms with van der Waals surface area (Å²) >= 11 is 0. The Hall–Kier alpha value is -0.620. The normalized spacial score (nSPS) is 36.6. The van der Waals surface area contributed by atoms with E-state index in [1.807, 2.05) is 0 Å². The Morgan fingerprint density at radius 1 is 1.11 bits per heavy atom. The SMILES string of the molecule is O=C(O)C(C1CCS(=O)(=O)C1)C1CCCCCC1O. The number of rotatable bonds is 3. The van der Waals surface area contributed by atoms with Crippen LogP contribution in [0, 0.1) is 17.8 Å². The van der Waals surface area contributed by atoms with Gasteiger partial charge in [0.25, 0.3) is 0 Å². The van der Waals surface area contributed by atoms with E-state index >= 15 is 0 Å². The molecule has 0 radical (unpaired) electrons. The number of aliphatic hydroxyl groups is 1. The molecule has 5 nitrogen and oxygen atoms in total. The van der Waals surface area contributed by atoms with E-state index in [-0.39, 0.29) is 23.3 Å². The molecule has 1 aliphatic heterocycles. The molecule has 2 aliphatic rings. The lowest BCUT2D eigenvalue weighted by molar-refractivity contribution is -0.148. The maximum absolute atomic E-state index is 11.5. The Morgan fingerprint density at radius 3 is 2.37 bits per heavy atom. The summed E-state index contributed by atoms with van der Waals surface area (Å²) in [6.45, 7) is 0. The van der Waals surface area contributed by atoms with Crippen molar-refractivity contribution >= 4 is 15.8 Å². The molecule has 0 spiro atoms. The van der Waals surface area contributed by atoms with Crippen LogP contribution in [0.4, 0.5) is 0 Å². The standard InChI is InChI=1S/C13H22O5S/c14-11-5-3-1-2-4-10(11)12(13(15)16)9-6-7-19(17,18)8-9/h9-12,14H,1-8H2,(H,15,16). The van der Waals surface area contributed by atoms with Gasteiger partial charge in [-0.25, -0.2) is 8.42 Å². The van der Waals surface area contributed by atoms with Crippen LogP contribution in [0.15, 0.2) is 0 Å². The highest BCUT2D eigenvalue weighted by atomic mass is 32.2. The van der Waals surface area contributed by atoms with E-state index in [4.69, 9.17) is 0 Å². The quantitative estimate of drug-likeness (QED) is 0.758. The summed E-state index contributed by atoms with van der Waals surface area (Å²) in [5, 5.41) is 19.6. The fourth-order valence-corrected chi connectivity index (χ4v) is 5.43. The average molecular weight is 290 g/mol. The number of aliphatic carboxylic acids is 1. The fourth-order valence-electron chi connectivity index (χ4n) is 3.58. The number of aliphatic hydroxyl groups excluding tert-OH is 1. The molecular weight excluding hydrogens is 268 g/mol. The third kappa shape index (κ3) is 3.48. The first-order valence-electron chi connectivity index (χ1n) is 7.02. The Balaban J connectivity index is 2.17. The van der Waals surface area contributed by atoms with Crippen LogP contribution in [-0.2, 0) is 14.6 Å². The summed E-state index contributed by atoms with van der Waals surface area (Å²) in [5.41, 5.74) is 0. The van der Waals surface area contributed by atoms with Gasteiger partial charge in [-0.1, -0.05) is 19.3 Å². The Kier molecular flexibility index (Phi) is 4.50. The number of carboxylic acid groups (broad SMARTS) is 1. The fraction of sp³-hybridized carbons (Fsp3) is 0.923. The molecule has 1 aliphatic carbocycles.